The highest BCUT2D eigenvalue weighted by atomic mass is 19.4. The predicted molar refractivity (Wildman–Crippen MR) is 78.1 cm³/mol. The van der Waals surface area contributed by atoms with E-state index in [1.54, 1.807) is 24.3 Å². The van der Waals surface area contributed by atoms with Gasteiger partial charge in [0.15, 0.2) is 5.69 Å². The van der Waals surface area contributed by atoms with Gasteiger partial charge in [0.25, 0.3) is 0 Å². The average Bonchev–Trinajstić information content (AvgIpc) is 3.30. The van der Waals surface area contributed by atoms with E-state index in [9.17, 15) is 13.2 Å². The van der Waals surface area contributed by atoms with E-state index in [1.165, 1.54) is 0 Å². The zero-order valence-corrected chi connectivity index (χ0v) is 11.9. The molecule has 0 unspecified atom stereocenters. The fourth-order valence-electron chi connectivity index (χ4n) is 1.96. The van der Waals surface area contributed by atoms with Crippen LogP contribution in [0.25, 0.3) is 0 Å². The lowest BCUT2D eigenvalue weighted by molar-refractivity contribution is -0.141. The molecular weight excluding hydrogens is 307 g/mol. The summed E-state index contributed by atoms with van der Waals surface area (Å²) in [7, 11) is 0. The number of alkyl halides is 3. The quantitative estimate of drug-likeness (QED) is 0.899. The molecule has 23 heavy (non-hydrogen) atoms. The van der Waals surface area contributed by atoms with E-state index < -0.39 is 11.9 Å². The molecule has 0 bridgehead atoms. The van der Waals surface area contributed by atoms with Gasteiger partial charge in [0.2, 0.25) is 5.95 Å². The van der Waals surface area contributed by atoms with Crippen LogP contribution in [0.4, 0.5) is 30.6 Å². The Labute approximate surface area is 130 Å². The summed E-state index contributed by atoms with van der Waals surface area (Å²) in [5, 5.41) is 14.7. The van der Waals surface area contributed by atoms with Crippen molar-refractivity contribution in [2.75, 3.05) is 10.6 Å². The van der Waals surface area contributed by atoms with Crippen molar-refractivity contribution in [3.63, 3.8) is 0 Å². The topological polar surface area (TPSA) is 73.6 Å². The van der Waals surface area contributed by atoms with Gasteiger partial charge >= 0.3 is 6.18 Å². The second-order valence-electron chi connectivity index (χ2n) is 5.16. The molecule has 1 saturated carbocycles. The molecule has 0 radical (unpaired) electrons. The van der Waals surface area contributed by atoms with Gasteiger partial charge in [-0.1, -0.05) is 12.1 Å². The zero-order chi connectivity index (χ0) is 16.4. The molecule has 0 atom stereocenters. The molecule has 0 amide bonds. The van der Waals surface area contributed by atoms with Crippen LogP contribution in [-0.2, 0) is 6.18 Å². The molecule has 3 rings (SSSR count). The third-order valence-corrected chi connectivity index (χ3v) is 3.24. The molecule has 2 N–H and O–H groups in total. The number of hydrogen-bond acceptors (Lipinski definition) is 5. The molecule has 0 saturated heterocycles. The van der Waals surface area contributed by atoms with E-state index in [0.717, 1.165) is 18.9 Å². The highest BCUT2D eigenvalue weighted by Gasteiger charge is 2.34. The van der Waals surface area contributed by atoms with Gasteiger partial charge in [-0.25, -0.2) is 4.98 Å². The summed E-state index contributed by atoms with van der Waals surface area (Å²) < 4.78 is 39.0. The molecule has 2 aromatic rings. The zero-order valence-electron chi connectivity index (χ0n) is 11.9. The van der Waals surface area contributed by atoms with Crippen LogP contribution in [0.2, 0.25) is 0 Å². The highest BCUT2D eigenvalue weighted by Crippen LogP contribution is 2.32. The maximum absolute atomic E-state index is 13.0. The van der Waals surface area contributed by atoms with Crippen LogP contribution in [0.5, 0.6) is 0 Å². The Balaban J connectivity index is 1.95. The van der Waals surface area contributed by atoms with Crippen LogP contribution in [0.15, 0.2) is 30.3 Å². The molecule has 1 aromatic carbocycles. The minimum absolute atomic E-state index is 0.0156. The van der Waals surface area contributed by atoms with Gasteiger partial charge in [-0.05, 0) is 25.0 Å². The number of rotatable bonds is 4. The van der Waals surface area contributed by atoms with E-state index in [0.29, 0.717) is 11.3 Å². The first-order valence-corrected chi connectivity index (χ1v) is 6.94. The number of halogens is 3. The Hall–Kier alpha value is -2.82. The number of anilines is 3. The number of nitriles is 1. The SMILES string of the molecule is N#Cc1ccccc1Nc1cc(C(F)(F)F)nc(NC2CC2)n1. The Kier molecular flexibility index (Phi) is 3.78. The van der Waals surface area contributed by atoms with Crippen LogP contribution in [0, 0.1) is 11.3 Å². The molecule has 1 aromatic heterocycles. The summed E-state index contributed by atoms with van der Waals surface area (Å²) in [4.78, 5) is 7.57. The molecule has 8 heteroatoms. The van der Waals surface area contributed by atoms with Crippen LogP contribution in [0.3, 0.4) is 0 Å². The number of nitrogens with zero attached hydrogens (tertiary/aromatic N) is 3. The van der Waals surface area contributed by atoms with Gasteiger partial charge in [0.05, 0.1) is 11.3 Å². The van der Waals surface area contributed by atoms with Crippen molar-refractivity contribution >= 4 is 17.5 Å². The molecule has 0 aliphatic heterocycles. The van der Waals surface area contributed by atoms with Crippen molar-refractivity contribution in [3.8, 4) is 6.07 Å². The Morgan fingerprint density at radius 3 is 2.57 bits per heavy atom. The Morgan fingerprint density at radius 1 is 1.17 bits per heavy atom. The highest BCUT2D eigenvalue weighted by molar-refractivity contribution is 5.65. The summed E-state index contributed by atoms with van der Waals surface area (Å²) in [5.74, 6) is -0.0857. The molecule has 0 spiro atoms. The first-order valence-electron chi connectivity index (χ1n) is 6.94. The van der Waals surface area contributed by atoms with Crippen LogP contribution < -0.4 is 10.6 Å². The number of benzene rings is 1. The molecule has 5 nitrogen and oxygen atoms in total. The number of para-hydroxylation sites is 1. The number of nitrogens with one attached hydrogen (secondary N) is 2. The summed E-state index contributed by atoms with van der Waals surface area (Å²) in [6.07, 6.45) is -2.80. The third kappa shape index (κ3) is 3.69. The number of aromatic nitrogens is 2. The van der Waals surface area contributed by atoms with Gasteiger partial charge in [-0.2, -0.15) is 23.4 Å². The minimum Gasteiger partial charge on any atom is -0.351 e. The maximum atomic E-state index is 13.0. The summed E-state index contributed by atoms with van der Waals surface area (Å²) in [6.45, 7) is 0. The van der Waals surface area contributed by atoms with Crippen LogP contribution >= 0.6 is 0 Å². The van der Waals surface area contributed by atoms with E-state index in [4.69, 9.17) is 5.26 Å². The van der Waals surface area contributed by atoms with Gasteiger partial charge in [0.1, 0.15) is 11.9 Å². The monoisotopic (exact) mass is 319 g/mol. The molecule has 1 fully saturated rings. The molecule has 1 heterocycles. The van der Waals surface area contributed by atoms with Crippen molar-refractivity contribution in [2.45, 2.75) is 25.1 Å². The molecular formula is C15H12F3N5. The van der Waals surface area contributed by atoms with Crippen molar-refractivity contribution in [2.24, 2.45) is 0 Å². The van der Waals surface area contributed by atoms with Gasteiger partial charge < -0.3 is 10.6 Å². The third-order valence-electron chi connectivity index (χ3n) is 3.24. The molecule has 1 aliphatic rings. The lowest BCUT2D eigenvalue weighted by atomic mass is 10.2. The van der Waals surface area contributed by atoms with Crippen molar-refractivity contribution in [1.82, 2.24) is 9.97 Å². The molecule has 1 aliphatic carbocycles. The fourth-order valence-corrected chi connectivity index (χ4v) is 1.96. The first kappa shape index (κ1) is 15.1. The Bertz CT molecular complexity index is 762. The summed E-state index contributed by atoms with van der Waals surface area (Å²) in [5.41, 5.74) is -0.330. The van der Waals surface area contributed by atoms with E-state index in [-0.39, 0.29) is 17.8 Å². The first-order chi connectivity index (χ1) is 11.0. The smallest absolute Gasteiger partial charge is 0.351 e. The fraction of sp³-hybridized carbons (Fsp3) is 0.267. The van der Waals surface area contributed by atoms with E-state index >= 15 is 0 Å². The number of hydrogen-bond donors (Lipinski definition) is 2. The van der Waals surface area contributed by atoms with Gasteiger partial charge in [-0.3, -0.25) is 0 Å². The van der Waals surface area contributed by atoms with Crippen LogP contribution in [-0.4, -0.2) is 16.0 Å². The lowest BCUT2D eigenvalue weighted by Gasteiger charge is -2.13. The maximum Gasteiger partial charge on any atom is 0.433 e. The van der Waals surface area contributed by atoms with Gasteiger partial charge in [0, 0.05) is 12.1 Å². The van der Waals surface area contributed by atoms with E-state index in [2.05, 4.69) is 20.6 Å². The normalized spacial score (nSPS) is 14.2. The molecule has 118 valence electrons. The van der Waals surface area contributed by atoms with E-state index in [1.807, 2.05) is 6.07 Å². The van der Waals surface area contributed by atoms with Crippen molar-refractivity contribution in [3.05, 3.63) is 41.6 Å². The predicted octanol–water partition coefficient (Wildman–Crippen LogP) is 3.68. The Morgan fingerprint density at radius 2 is 1.91 bits per heavy atom. The second kappa shape index (κ2) is 5.76. The van der Waals surface area contributed by atoms with Crippen molar-refractivity contribution < 1.29 is 13.2 Å². The average molecular weight is 319 g/mol. The second-order valence-corrected chi connectivity index (χ2v) is 5.16. The lowest BCUT2D eigenvalue weighted by Crippen LogP contribution is -2.14. The standard InChI is InChI=1S/C15H12F3N5/c16-15(17,18)12-7-13(23-14(22-12)20-10-5-6-10)21-11-4-2-1-3-9(11)8-19/h1-4,7,10H,5-6H2,(H2,20,21,22,23). The largest absolute Gasteiger partial charge is 0.433 e. The minimum atomic E-state index is -4.58. The van der Waals surface area contributed by atoms with Crippen LogP contribution in [0.1, 0.15) is 24.1 Å². The summed E-state index contributed by atoms with van der Waals surface area (Å²) in [6, 6.07) is 9.44. The van der Waals surface area contributed by atoms with Gasteiger partial charge in [-0.15, -0.1) is 0 Å². The summed E-state index contributed by atoms with van der Waals surface area (Å²) >= 11 is 0. The van der Waals surface area contributed by atoms with Crippen molar-refractivity contribution in [1.29, 1.82) is 5.26 Å².